The van der Waals surface area contributed by atoms with Gasteiger partial charge in [-0.3, -0.25) is 0 Å². The minimum absolute atomic E-state index is 1.08. The second kappa shape index (κ2) is 3.21. The fourth-order valence-corrected chi connectivity index (χ4v) is 4.91. The van der Waals surface area contributed by atoms with E-state index in [0.717, 1.165) is 13.1 Å². The van der Waals surface area contributed by atoms with Crippen LogP contribution in [-0.2, 0) is 11.8 Å². The molecule has 3 nitrogen and oxygen atoms in total. The zero-order valence-electron chi connectivity index (χ0n) is 7.92. The largest absolute Gasteiger partial charge is 0.303 e. The van der Waals surface area contributed by atoms with E-state index in [2.05, 4.69) is 40.2 Å². The Balaban J connectivity index is 2.45. The molecule has 1 aliphatic heterocycles. The highest BCUT2D eigenvalue weighted by molar-refractivity contribution is 8.11. The Morgan fingerprint density at radius 3 is 2.00 bits per heavy atom. The van der Waals surface area contributed by atoms with Crippen molar-refractivity contribution in [3.05, 3.63) is 24.5 Å². The number of rotatable bonds is 1. The lowest BCUT2D eigenvalue weighted by atomic mass is 10.6. The molecule has 0 bridgehead atoms. The van der Waals surface area contributed by atoms with E-state index in [1.165, 1.54) is 0 Å². The van der Waals surface area contributed by atoms with Crippen LogP contribution in [0.3, 0.4) is 0 Å². The molecule has 0 saturated carbocycles. The monoisotopic (exact) mass is 215 g/mol. The smallest absolute Gasteiger partial charge is 0.172 e. The van der Waals surface area contributed by atoms with E-state index in [9.17, 15) is 0 Å². The molecular weight excluding hydrogens is 201 g/mol. The van der Waals surface area contributed by atoms with Gasteiger partial charge in [0.05, 0.1) is 0 Å². The molecule has 2 heterocycles. The number of aromatic nitrogens is 1. The van der Waals surface area contributed by atoms with Crippen LogP contribution in [0.1, 0.15) is 0 Å². The van der Waals surface area contributed by atoms with E-state index in [0.29, 0.717) is 0 Å². The Bertz CT molecular complexity index is 321. The maximum Gasteiger partial charge on any atom is 0.172 e. The second-order valence-corrected chi connectivity index (χ2v) is 7.66. The summed E-state index contributed by atoms with van der Waals surface area (Å²) in [6.07, 6.45) is 4.14. The van der Waals surface area contributed by atoms with Crippen molar-refractivity contribution < 1.29 is 0 Å². The van der Waals surface area contributed by atoms with Gasteiger partial charge in [-0.25, -0.2) is 9.34 Å². The molecular formula is C8H14N3PS. The predicted octanol–water partition coefficient (Wildman–Crippen LogP) is 1.44. The van der Waals surface area contributed by atoms with Gasteiger partial charge in [0, 0.05) is 25.5 Å². The van der Waals surface area contributed by atoms with Crippen molar-refractivity contribution >= 4 is 18.3 Å². The molecule has 0 aromatic carbocycles. The van der Waals surface area contributed by atoms with E-state index >= 15 is 0 Å². The summed E-state index contributed by atoms with van der Waals surface area (Å²) >= 11 is 5.76. The first-order chi connectivity index (χ1) is 6.15. The Kier molecular flexibility index (Phi) is 2.32. The Morgan fingerprint density at radius 2 is 1.54 bits per heavy atom. The standard InChI is InChI=1S/C8H14N3PS/c1-9-7-8-10(2)12(9,13)11-5-3-4-6-11/h3-6H,7-8H2,1-2H3. The molecule has 5 heteroatoms. The van der Waals surface area contributed by atoms with E-state index in [-0.39, 0.29) is 0 Å². The van der Waals surface area contributed by atoms with E-state index in [4.69, 9.17) is 11.8 Å². The molecule has 0 N–H and O–H groups in total. The maximum absolute atomic E-state index is 5.76. The third-order valence-corrected chi connectivity index (χ3v) is 7.81. The van der Waals surface area contributed by atoms with Crippen molar-refractivity contribution in [1.82, 2.24) is 13.7 Å². The van der Waals surface area contributed by atoms with Crippen molar-refractivity contribution in [3.63, 3.8) is 0 Å². The number of likely N-dealkylation sites (N-methyl/N-ethyl adjacent to an activating group) is 2. The molecule has 1 saturated heterocycles. The molecule has 1 aliphatic rings. The van der Waals surface area contributed by atoms with Gasteiger partial charge in [-0.1, -0.05) is 0 Å². The average Bonchev–Trinajstić information content (AvgIpc) is 2.70. The number of hydrogen-bond acceptors (Lipinski definition) is 1. The summed E-state index contributed by atoms with van der Waals surface area (Å²) in [5.41, 5.74) is 0. The van der Waals surface area contributed by atoms with Crippen molar-refractivity contribution in [2.24, 2.45) is 0 Å². The van der Waals surface area contributed by atoms with Gasteiger partial charge < -0.3 is 4.34 Å². The third kappa shape index (κ3) is 1.29. The fourth-order valence-electron chi connectivity index (χ4n) is 1.66. The first-order valence-electron chi connectivity index (χ1n) is 4.33. The molecule has 1 fully saturated rings. The Labute approximate surface area is 84.1 Å². The number of hydrogen-bond donors (Lipinski definition) is 0. The molecule has 0 amide bonds. The average molecular weight is 215 g/mol. The normalized spacial score (nSPS) is 23.8. The molecule has 13 heavy (non-hydrogen) atoms. The summed E-state index contributed by atoms with van der Waals surface area (Å²) in [7, 11) is 4.23. The van der Waals surface area contributed by atoms with Crippen LogP contribution in [0.4, 0.5) is 0 Å². The lowest BCUT2D eigenvalue weighted by molar-refractivity contribution is 0.553. The van der Waals surface area contributed by atoms with Crippen molar-refractivity contribution in [3.8, 4) is 0 Å². The van der Waals surface area contributed by atoms with Gasteiger partial charge in [0.2, 0.25) is 0 Å². The number of nitrogens with zero attached hydrogens (tertiary/aromatic N) is 3. The minimum atomic E-state index is -1.64. The van der Waals surface area contributed by atoms with Crippen molar-refractivity contribution in [1.29, 1.82) is 0 Å². The summed E-state index contributed by atoms with van der Waals surface area (Å²) in [6.45, 7) is 0.511. The molecule has 0 atom stereocenters. The van der Waals surface area contributed by atoms with Gasteiger partial charge in [0.25, 0.3) is 0 Å². The van der Waals surface area contributed by atoms with Crippen LogP contribution in [-0.4, -0.2) is 40.9 Å². The minimum Gasteiger partial charge on any atom is -0.303 e. The summed E-state index contributed by atoms with van der Waals surface area (Å²) in [4.78, 5) is 0. The molecule has 1 aromatic rings. The van der Waals surface area contributed by atoms with Crippen LogP contribution in [0.25, 0.3) is 0 Å². The van der Waals surface area contributed by atoms with Crippen LogP contribution >= 0.6 is 6.49 Å². The summed E-state index contributed by atoms with van der Waals surface area (Å²) < 4.78 is 6.76. The highest BCUT2D eigenvalue weighted by atomic mass is 32.4. The SMILES string of the molecule is CN1CCN(C)P1(=S)n1cccc1. The van der Waals surface area contributed by atoms with Crippen molar-refractivity contribution in [2.75, 3.05) is 27.2 Å². The van der Waals surface area contributed by atoms with Crippen LogP contribution in [0.2, 0.25) is 0 Å². The summed E-state index contributed by atoms with van der Waals surface area (Å²) in [6, 6.07) is 4.07. The van der Waals surface area contributed by atoms with Gasteiger partial charge in [0.1, 0.15) is 0 Å². The van der Waals surface area contributed by atoms with E-state index < -0.39 is 6.49 Å². The summed E-state index contributed by atoms with van der Waals surface area (Å²) in [5.74, 6) is 0. The van der Waals surface area contributed by atoms with Crippen LogP contribution < -0.4 is 0 Å². The Hall–Kier alpha value is -0.150. The van der Waals surface area contributed by atoms with Gasteiger partial charge in [-0.15, -0.1) is 0 Å². The maximum atomic E-state index is 5.76. The molecule has 1 aromatic heterocycles. The Morgan fingerprint density at radius 1 is 1.08 bits per heavy atom. The van der Waals surface area contributed by atoms with Gasteiger partial charge in [-0.2, -0.15) is 0 Å². The zero-order valence-corrected chi connectivity index (χ0v) is 9.63. The molecule has 0 aliphatic carbocycles. The summed E-state index contributed by atoms with van der Waals surface area (Å²) in [5, 5.41) is 0. The van der Waals surface area contributed by atoms with Crippen LogP contribution in [0.15, 0.2) is 24.5 Å². The first-order valence-corrected chi connectivity index (χ1v) is 6.99. The van der Waals surface area contributed by atoms with Crippen LogP contribution in [0.5, 0.6) is 0 Å². The lowest BCUT2D eigenvalue weighted by Crippen LogP contribution is -2.17. The molecule has 0 radical (unpaired) electrons. The lowest BCUT2D eigenvalue weighted by Gasteiger charge is -2.30. The predicted molar refractivity (Wildman–Crippen MR) is 59.4 cm³/mol. The quantitative estimate of drug-likeness (QED) is 0.657. The topological polar surface area (TPSA) is 11.4 Å². The fraction of sp³-hybridized carbons (Fsp3) is 0.500. The van der Waals surface area contributed by atoms with E-state index in [1.54, 1.807) is 0 Å². The zero-order chi connectivity index (χ0) is 9.47. The molecule has 72 valence electrons. The first kappa shape index (κ1) is 9.41. The highest BCUT2D eigenvalue weighted by Crippen LogP contribution is 2.55. The molecule has 2 rings (SSSR count). The van der Waals surface area contributed by atoms with Crippen LogP contribution in [0, 0.1) is 0 Å². The van der Waals surface area contributed by atoms with Gasteiger partial charge >= 0.3 is 0 Å². The van der Waals surface area contributed by atoms with Gasteiger partial charge in [0.15, 0.2) is 6.49 Å². The van der Waals surface area contributed by atoms with Crippen molar-refractivity contribution in [2.45, 2.75) is 0 Å². The highest BCUT2D eigenvalue weighted by Gasteiger charge is 2.34. The van der Waals surface area contributed by atoms with E-state index in [1.807, 2.05) is 12.1 Å². The van der Waals surface area contributed by atoms with Gasteiger partial charge in [-0.05, 0) is 38.0 Å². The second-order valence-electron chi connectivity index (χ2n) is 3.34. The molecule has 0 spiro atoms. The molecule has 0 unspecified atom stereocenters. The third-order valence-electron chi connectivity index (χ3n) is 2.53.